The maximum Gasteiger partial charge on any atom is 0.242 e. The van der Waals surface area contributed by atoms with Crippen molar-refractivity contribution in [2.75, 3.05) is 0 Å². The number of hydrogen-bond acceptors (Lipinski definition) is 3. The largest absolute Gasteiger partial charge is 0.356 e. The van der Waals surface area contributed by atoms with Gasteiger partial charge < -0.3 is 9.55 Å². The zero-order valence-corrected chi connectivity index (χ0v) is 9.53. The van der Waals surface area contributed by atoms with Crippen LogP contribution in [0.2, 0.25) is 0 Å². The molecule has 0 atom stereocenters. The van der Waals surface area contributed by atoms with Crippen molar-refractivity contribution in [2.24, 2.45) is 7.05 Å². The van der Waals surface area contributed by atoms with E-state index in [4.69, 9.17) is 0 Å². The molecule has 6 nitrogen and oxygen atoms in total. The summed E-state index contributed by atoms with van der Waals surface area (Å²) in [5.74, 6) is 0. The number of aromatic nitrogens is 3. The van der Waals surface area contributed by atoms with Crippen molar-refractivity contribution in [1.82, 2.24) is 19.3 Å². The van der Waals surface area contributed by atoms with E-state index in [1.54, 1.807) is 36.3 Å². The molecule has 0 fully saturated rings. The summed E-state index contributed by atoms with van der Waals surface area (Å²) < 4.78 is 27.7. The first kappa shape index (κ1) is 10.9. The van der Waals surface area contributed by atoms with Crippen LogP contribution in [0.1, 0.15) is 5.69 Å². The first-order chi connectivity index (χ1) is 7.58. The highest BCUT2D eigenvalue weighted by Crippen LogP contribution is 2.08. The third-order valence-electron chi connectivity index (χ3n) is 2.12. The highest BCUT2D eigenvalue weighted by Gasteiger charge is 2.14. The molecule has 7 heteroatoms. The van der Waals surface area contributed by atoms with E-state index < -0.39 is 10.0 Å². The van der Waals surface area contributed by atoms with Gasteiger partial charge in [-0.3, -0.25) is 0 Å². The minimum Gasteiger partial charge on any atom is -0.356 e. The van der Waals surface area contributed by atoms with Crippen LogP contribution in [0.4, 0.5) is 0 Å². The zero-order valence-electron chi connectivity index (χ0n) is 8.71. The van der Waals surface area contributed by atoms with Gasteiger partial charge in [0.25, 0.3) is 0 Å². The molecule has 2 heterocycles. The zero-order chi connectivity index (χ0) is 11.6. The lowest BCUT2D eigenvalue weighted by molar-refractivity contribution is 0.580. The quantitative estimate of drug-likeness (QED) is 0.802. The number of H-pyrrole nitrogens is 1. The second-order valence-corrected chi connectivity index (χ2v) is 5.18. The summed E-state index contributed by atoms with van der Waals surface area (Å²) in [6.45, 7) is 0.206. The molecule has 2 aromatic heterocycles. The van der Waals surface area contributed by atoms with Crippen LogP contribution in [0.5, 0.6) is 0 Å². The Kier molecular flexibility index (Phi) is 2.80. The number of rotatable bonds is 4. The lowest BCUT2D eigenvalue weighted by atomic mass is 10.5. The van der Waals surface area contributed by atoms with Gasteiger partial charge in [-0.05, 0) is 6.07 Å². The predicted molar refractivity (Wildman–Crippen MR) is 58.0 cm³/mol. The molecule has 0 spiro atoms. The molecule has 16 heavy (non-hydrogen) atoms. The van der Waals surface area contributed by atoms with Crippen LogP contribution in [-0.4, -0.2) is 23.0 Å². The summed E-state index contributed by atoms with van der Waals surface area (Å²) >= 11 is 0. The highest BCUT2D eigenvalue weighted by atomic mass is 32.2. The number of aryl methyl sites for hydroxylation is 1. The van der Waals surface area contributed by atoms with Gasteiger partial charge in [0, 0.05) is 31.3 Å². The SMILES string of the molecule is Cn1ccc(S(=O)(=O)NCc2cnc[nH]2)c1. The molecule has 0 aromatic carbocycles. The summed E-state index contributed by atoms with van der Waals surface area (Å²) in [7, 11) is -1.66. The Morgan fingerprint density at radius 2 is 2.38 bits per heavy atom. The van der Waals surface area contributed by atoms with Gasteiger partial charge in [-0.1, -0.05) is 0 Å². The van der Waals surface area contributed by atoms with E-state index in [0.29, 0.717) is 0 Å². The van der Waals surface area contributed by atoms with Crippen LogP contribution in [0.15, 0.2) is 35.9 Å². The average molecular weight is 240 g/mol. The lowest BCUT2D eigenvalue weighted by Crippen LogP contribution is -2.23. The van der Waals surface area contributed by atoms with Crippen LogP contribution in [0.3, 0.4) is 0 Å². The van der Waals surface area contributed by atoms with Crippen molar-refractivity contribution < 1.29 is 8.42 Å². The van der Waals surface area contributed by atoms with Gasteiger partial charge in [-0.15, -0.1) is 0 Å². The lowest BCUT2D eigenvalue weighted by Gasteiger charge is -2.02. The van der Waals surface area contributed by atoms with Gasteiger partial charge in [0.15, 0.2) is 0 Å². The fourth-order valence-corrected chi connectivity index (χ4v) is 2.33. The van der Waals surface area contributed by atoms with Gasteiger partial charge in [0.1, 0.15) is 0 Å². The molecule has 86 valence electrons. The Morgan fingerprint density at radius 3 is 2.94 bits per heavy atom. The van der Waals surface area contributed by atoms with Gasteiger partial charge in [0.2, 0.25) is 10.0 Å². The van der Waals surface area contributed by atoms with E-state index in [0.717, 1.165) is 5.69 Å². The Hall–Kier alpha value is -1.60. The molecule has 2 N–H and O–H groups in total. The third-order valence-corrected chi connectivity index (χ3v) is 3.51. The van der Waals surface area contributed by atoms with Crippen molar-refractivity contribution in [3.63, 3.8) is 0 Å². The molecule has 0 amide bonds. The van der Waals surface area contributed by atoms with E-state index in [9.17, 15) is 8.42 Å². The average Bonchev–Trinajstić information content (AvgIpc) is 2.85. The maximum atomic E-state index is 11.8. The number of imidazole rings is 1. The van der Waals surface area contributed by atoms with Gasteiger partial charge in [-0.25, -0.2) is 18.1 Å². The van der Waals surface area contributed by atoms with Crippen LogP contribution in [0, 0.1) is 0 Å². The van der Waals surface area contributed by atoms with Crippen LogP contribution >= 0.6 is 0 Å². The van der Waals surface area contributed by atoms with Crippen molar-refractivity contribution in [3.05, 3.63) is 36.7 Å². The van der Waals surface area contributed by atoms with Gasteiger partial charge >= 0.3 is 0 Å². The standard InChI is InChI=1S/C9H12N4O2S/c1-13-3-2-9(6-13)16(14,15)12-5-8-4-10-7-11-8/h2-4,6-7,12H,5H2,1H3,(H,10,11). The van der Waals surface area contributed by atoms with Crippen LogP contribution in [-0.2, 0) is 23.6 Å². The second-order valence-electron chi connectivity index (χ2n) is 3.41. The molecule has 0 bridgehead atoms. The summed E-state index contributed by atoms with van der Waals surface area (Å²) in [4.78, 5) is 6.89. The summed E-state index contributed by atoms with van der Waals surface area (Å²) in [5.41, 5.74) is 0.722. The van der Waals surface area contributed by atoms with Crippen LogP contribution in [0.25, 0.3) is 0 Å². The first-order valence-electron chi connectivity index (χ1n) is 4.67. The van der Waals surface area contributed by atoms with Gasteiger partial charge in [0.05, 0.1) is 17.8 Å². The second kappa shape index (κ2) is 4.11. The summed E-state index contributed by atoms with van der Waals surface area (Å²) in [5, 5.41) is 0. The molecule has 0 unspecified atom stereocenters. The van der Waals surface area contributed by atoms with E-state index in [1.807, 2.05) is 0 Å². The van der Waals surface area contributed by atoms with Gasteiger partial charge in [-0.2, -0.15) is 0 Å². The molecule has 0 saturated heterocycles. The summed E-state index contributed by atoms with van der Waals surface area (Å²) in [6.07, 6.45) is 6.32. The molecule has 2 aromatic rings. The fraction of sp³-hybridized carbons (Fsp3) is 0.222. The third kappa shape index (κ3) is 2.31. The molecule has 0 aliphatic carbocycles. The Balaban J connectivity index is 2.09. The fourth-order valence-electron chi connectivity index (χ4n) is 1.27. The predicted octanol–water partition coefficient (Wildman–Crippen LogP) is 0.227. The molecular weight excluding hydrogens is 228 g/mol. The molecule has 2 rings (SSSR count). The van der Waals surface area contributed by atoms with E-state index in [2.05, 4.69) is 14.7 Å². The minimum atomic E-state index is -3.43. The molecular formula is C9H12N4O2S. The minimum absolute atomic E-state index is 0.206. The molecule has 0 saturated carbocycles. The Morgan fingerprint density at radius 1 is 1.56 bits per heavy atom. The number of nitrogens with one attached hydrogen (secondary N) is 2. The van der Waals surface area contributed by atoms with Crippen molar-refractivity contribution in [1.29, 1.82) is 0 Å². The number of nitrogens with zero attached hydrogens (tertiary/aromatic N) is 2. The smallest absolute Gasteiger partial charge is 0.242 e. The van der Waals surface area contributed by atoms with Crippen molar-refractivity contribution >= 4 is 10.0 Å². The number of sulfonamides is 1. The van der Waals surface area contributed by atoms with Crippen molar-refractivity contribution in [3.8, 4) is 0 Å². The molecule has 0 aliphatic rings. The topological polar surface area (TPSA) is 79.8 Å². The molecule has 0 aliphatic heterocycles. The molecule has 0 radical (unpaired) electrons. The summed E-state index contributed by atoms with van der Waals surface area (Å²) in [6, 6.07) is 1.55. The number of hydrogen-bond donors (Lipinski definition) is 2. The van der Waals surface area contributed by atoms with E-state index >= 15 is 0 Å². The normalized spacial score (nSPS) is 11.8. The maximum absolute atomic E-state index is 11.8. The Labute approximate surface area is 93.4 Å². The highest BCUT2D eigenvalue weighted by molar-refractivity contribution is 7.89. The number of aromatic amines is 1. The first-order valence-corrected chi connectivity index (χ1v) is 6.15. The van der Waals surface area contributed by atoms with Crippen LogP contribution < -0.4 is 4.72 Å². The van der Waals surface area contributed by atoms with E-state index in [-0.39, 0.29) is 11.4 Å². The monoisotopic (exact) mass is 240 g/mol. The Bertz CT molecular complexity index is 556. The van der Waals surface area contributed by atoms with Crippen molar-refractivity contribution in [2.45, 2.75) is 11.4 Å². The van der Waals surface area contributed by atoms with E-state index in [1.165, 1.54) is 6.33 Å².